The molecule has 1 aliphatic rings. The van der Waals surface area contributed by atoms with Crippen LogP contribution < -0.4 is 0 Å². The number of nitrogens with zero attached hydrogens (tertiary/aromatic N) is 4. The number of likely N-dealkylation sites (tertiary alicyclic amines) is 1. The van der Waals surface area contributed by atoms with E-state index in [1.54, 1.807) is 17.9 Å². The van der Waals surface area contributed by atoms with Gasteiger partial charge in [-0.25, -0.2) is 9.67 Å². The highest BCUT2D eigenvalue weighted by Crippen LogP contribution is 2.24. The van der Waals surface area contributed by atoms with Gasteiger partial charge in [0, 0.05) is 18.2 Å². The van der Waals surface area contributed by atoms with Crippen molar-refractivity contribution in [3.05, 3.63) is 42.5 Å². The highest BCUT2D eigenvalue weighted by molar-refractivity contribution is 5.95. The molecule has 0 spiro atoms. The molecule has 6 heteroatoms. The van der Waals surface area contributed by atoms with Crippen LogP contribution in [0.2, 0.25) is 0 Å². The summed E-state index contributed by atoms with van der Waals surface area (Å²) in [4.78, 5) is 18.6. The zero-order valence-electron chi connectivity index (χ0n) is 12.6. The first-order valence-electron chi connectivity index (χ1n) is 7.59. The standard InChI is InChI=1S/C16H20N4O2/c1-12(21)8-14-6-3-7-19(14)16(22)13-4-2-5-15(9-13)20-11-17-10-18-20/h2,4-5,9-12,14,21H,3,6-8H2,1H3. The van der Waals surface area contributed by atoms with Crippen molar-refractivity contribution in [3.8, 4) is 5.69 Å². The summed E-state index contributed by atoms with van der Waals surface area (Å²) in [6, 6.07) is 7.52. The number of rotatable bonds is 4. The third-order valence-corrected chi connectivity index (χ3v) is 4.03. The Balaban J connectivity index is 1.81. The lowest BCUT2D eigenvalue weighted by Crippen LogP contribution is -2.37. The van der Waals surface area contributed by atoms with E-state index in [4.69, 9.17) is 0 Å². The topological polar surface area (TPSA) is 71.2 Å². The molecule has 1 fully saturated rings. The van der Waals surface area contributed by atoms with Crippen molar-refractivity contribution in [3.63, 3.8) is 0 Å². The summed E-state index contributed by atoms with van der Waals surface area (Å²) in [7, 11) is 0. The van der Waals surface area contributed by atoms with Crippen LogP contribution >= 0.6 is 0 Å². The largest absolute Gasteiger partial charge is 0.393 e. The number of aromatic nitrogens is 3. The van der Waals surface area contributed by atoms with Gasteiger partial charge in [0.05, 0.1) is 11.8 Å². The summed E-state index contributed by atoms with van der Waals surface area (Å²) in [5, 5.41) is 13.7. The van der Waals surface area contributed by atoms with E-state index in [1.165, 1.54) is 6.33 Å². The van der Waals surface area contributed by atoms with Crippen molar-refractivity contribution in [1.82, 2.24) is 19.7 Å². The number of hydrogen-bond acceptors (Lipinski definition) is 4. The molecule has 2 atom stereocenters. The number of hydrogen-bond donors (Lipinski definition) is 1. The van der Waals surface area contributed by atoms with Crippen LogP contribution in [0.1, 0.15) is 36.5 Å². The summed E-state index contributed by atoms with van der Waals surface area (Å²) in [5.41, 5.74) is 1.46. The molecule has 0 bridgehead atoms. The van der Waals surface area contributed by atoms with Crippen LogP contribution in [0.15, 0.2) is 36.9 Å². The fraction of sp³-hybridized carbons (Fsp3) is 0.438. The summed E-state index contributed by atoms with van der Waals surface area (Å²) in [6.45, 7) is 2.52. The minimum absolute atomic E-state index is 0.0186. The first kappa shape index (κ1) is 14.7. The van der Waals surface area contributed by atoms with Gasteiger partial charge in [0.25, 0.3) is 5.91 Å². The number of benzene rings is 1. The van der Waals surface area contributed by atoms with Crippen molar-refractivity contribution < 1.29 is 9.90 Å². The minimum atomic E-state index is -0.389. The van der Waals surface area contributed by atoms with Gasteiger partial charge < -0.3 is 10.0 Å². The monoisotopic (exact) mass is 300 g/mol. The van der Waals surface area contributed by atoms with E-state index in [0.29, 0.717) is 12.0 Å². The van der Waals surface area contributed by atoms with Gasteiger partial charge in [0.15, 0.2) is 0 Å². The Kier molecular flexibility index (Phi) is 4.20. The van der Waals surface area contributed by atoms with Crippen LogP contribution in [-0.4, -0.2) is 49.4 Å². The van der Waals surface area contributed by atoms with E-state index in [2.05, 4.69) is 10.1 Å². The maximum Gasteiger partial charge on any atom is 0.254 e. The fourth-order valence-corrected chi connectivity index (χ4v) is 3.03. The van der Waals surface area contributed by atoms with Crippen LogP contribution in [0.3, 0.4) is 0 Å². The number of carbonyl (C=O) groups is 1. The number of aliphatic hydroxyl groups is 1. The minimum Gasteiger partial charge on any atom is -0.393 e. The Hall–Kier alpha value is -2.21. The molecule has 22 heavy (non-hydrogen) atoms. The predicted molar refractivity (Wildman–Crippen MR) is 81.7 cm³/mol. The Morgan fingerprint density at radius 3 is 3.09 bits per heavy atom. The summed E-state index contributed by atoms with van der Waals surface area (Å²) in [5.74, 6) is 0.0186. The van der Waals surface area contributed by atoms with Crippen LogP contribution in [-0.2, 0) is 0 Å². The van der Waals surface area contributed by atoms with Gasteiger partial charge in [-0.05, 0) is 44.4 Å². The molecule has 1 N–H and O–H groups in total. The maximum atomic E-state index is 12.8. The Bertz CT molecular complexity index is 639. The van der Waals surface area contributed by atoms with Gasteiger partial charge in [-0.2, -0.15) is 5.10 Å². The molecule has 116 valence electrons. The molecule has 0 saturated carbocycles. The van der Waals surface area contributed by atoms with Crippen molar-refractivity contribution in [2.45, 2.75) is 38.3 Å². The maximum absolute atomic E-state index is 12.8. The second-order valence-electron chi connectivity index (χ2n) is 5.77. The quantitative estimate of drug-likeness (QED) is 0.932. The molecule has 2 unspecified atom stereocenters. The van der Waals surface area contributed by atoms with Crippen molar-refractivity contribution in [2.24, 2.45) is 0 Å². The first-order chi connectivity index (χ1) is 10.6. The molecule has 6 nitrogen and oxygen atoms in total. The normalized spacial score (nSPS) is 19.4. The molecule has 1 amide bonds. The van der Waals surface area contributed by atoms with Crippen molar-refractivity contribution in [2.75, 3.05) is 6.54 Å². The molecule has 0 radical (unpaired) electrons. The smallest absolute Gasteiger partial charge is 0.254 e. The van der Waals surface area contributed by atoms with Crippen LogP contribution in [0.5, 0.6) is 0 Å². The van der Waals surface area contributed by atoms with E-state index in [0.717, 1.165) is 25.1 Å². The average molecular weight is 300 g/mol. The summed E-state index contributed by atoms with van der Waals surface area (Å²) < 4.78 is 1.63. The number of aliphatic hydroxyl groups excluding tert-OH is 1. The lowest BCUT2D eigenvalue weighted by atomic mass is 10.1. The molecular formula is C16H20N4O2. The summed E-state index contributed by atoms with van der Waals surface area (Å²) in [6.07, 6.45) is 5.27. The molecule has 1 aliphatic heterocycles. The van der Waals surface area contributed by atoms with Gasteiger partial charge in [0.2, 0.25) is 0 Å². The van der Waals surface area contributed by atoms with Crippen LogP contribution in [0, 0.1) is 0 Å². The van der Waals surface area contributed by atoms with Gasteiger partial charge in [-0.15, -0.1) is 0 Å². The molecule has 2 aromatic rings. The predicted octanol–water partition coefficient (Wildman–Crippen LogP) is 1.64. The Labute approximate surface area is 129 Å². The number of carbonyl (C=O) groups excluding carboxylic acids is 1. The molecule has 2 heterocycles. The van der Waals surface area contributed by atoms with Crippen molar-refractivity contribution >= 4 is 5.91 Å². The zero-order valence-corrected chi connectivity index (χ0v) is 12.6. The highest BCUT2D eigenvalue weighted by Gasteiger charge is 2.30. The van der Waals surface area contributed by atoms with Gasteiger partial charge in [-0.1, -0.05) is 6.07 Å². The van der Waals surface area contributed by atoms with Crippen LogP contribution in [0.4, 0.5) is 0 Å². The fourth-order valence-electron chi connectivity index (χ4n) is 3.03. The molecule has 1 aromatic heterocycles. The Morgan fingerprint density at radius 1 is 1.50 bits per heavy atom. The third kappa shape index (κ3) is 3.01. The molecule has 0 aliphatic carbocycles. The van der Waals surface area contributed by atoms with Crippen LogP contribution in [0.25, 0.3) is 5.69 Å². The van der Waals surface area contributed by atoms with E-state index < -0.39 is 0 Å². The van der Waals surface area contributed by atoms with E-state index in [9.17, 15) is 9.90 Å². The second kappa shape index (κ2) is 6.27. The third-order valence-electron chi connectivity index (χ3n) is 4.03. The lowest BCUT2D eigenvalue weighted by Gasteiger charge is -2.26. The summed E-state index contributed by atoms with van der Waals surface area (Å²) >= 11 is 0. The zero-order chi connectivity index (χ0) is 15.5. The first-order valence-corrected chi connectivity index (χ1v) is 7.59. The molecule has 1 aromatic carbocycles. The van der Waals surface area contributed by atoms with E-state index in [-0.39, 0.29) is 18.1 Å². The molecule has 3 rings (SSSR count). The SMILES string of the molecule is CC(O)CC1CCCN1C(=O)c1cccc(-n2cncn2)c1. The van der Waals surface area contributed by atoms with E-state index in [1.807, 2.05) is 29.2 Å². The average Bonchev–Trinajstić information content (AvgIpc) is 3.17. The molecule has 1 saturated heterocycles. The van der Waals surface area contributed by atoms with Gasteiger partial charge >= 0.3 is 0 Å². The van der Waals surface area contributed by atoms with Gasteiger partial charge in [0.1, 0.15) is 12.7 Å². The highest BCUT2D eigenvalue weighted by atomic mass is 16.3. The Morgan fingerprint density at radius 2 is 2.36 bits per heavy atom. The molecular weight excluding hydrogens is 280 g/mol. The van der Waals surface area contributed by atoms with Crippen molar-refractivity contribution in [1.29, 1.82) is 0 Å². The second-order valence-corrected chi connectivity index (χ2v) is 5.77. The van der Waals surface area contributed by atoms with E-state index >= 15 is 0 Å². The van der Waals surface area contributed by atoms with Gasteiger partial charge in [-0.3, -0.25) is 4.79 Å². The lowest BCUT2D eigenvalue weighted by molar-refractivity contribution is 0.0682. The number of amides is 1.